The summed E-state index contributed by atoms with van der Waals surface area (Å²) >= 11 is 0. The van der Waals surface area contributed by atoms with Gasteiger partial charge in [0.1, 0.15) is 6.79 Å². The molecule has 1 fully saturated rings. The molecule has 160 valence electrons. The monoisotopic (exact) mass is 402 g/mol. The summed E-state index contributed by atoms with van der Waals surface area (Å²) in [6.07, 6.45) is 6.35. The standard InChI is InChI=1S/C14H20N2O2.C7H12N2.CH2O/c1-2-11-3-5-13(6-4-11)15-14(17)12-7-9-16(18)10-8-12;1-6(2)9-4-7(3)8-5-9;1-2/h3-6,12,18H,2,7-10H2,1H3,(H,15,17);4-6H,1-3H3;1H2. The van der Waals surface area contributed by atoms with Crippen molar-refractivity contribution in [1.82, 2.24) is 14.6 Å². The summed E-state index contributed by atoms with van der Waals surface area (Å²) in [5, 5.41) is 13.5. The topological polar surface area (TPSA) is 87.5 Å². The number of rotatable bonds is 4. The average molecular weight is 403 g/mol. The van der Waals surface area contributed by atoms with Crippen molar-refractivity contribution in [1.29, 1.82) is 0 Å². The molecule has 1 aliphatic rings. The Labute approximate surface area is 173 Å². The van der Waals surface area contributed by atoms with E-state index in [9.17, 15) is 10.0 Å². The first-order chi connectivity index (χ1) is 13.9. The van der Waals surface area contributed by atoms with Crippen molar-refractivity contribution in [3.8, 4) is 0 Å². The third-order valence-corrected chi connectivity index (χ3v) is 4.80. The Kier molecular flexibility index (Phi) is 10.9. The van der Waals surface area contributed by atoms with Gasteiger partial charge in [0.05, 0.1) is 12.0 Å². The molecule has 0 bridgehead atoms. The largest absolute Gasteiger partial charge is 0.335 e. The summed E-state index contributed by atoms with van der Waals surface area (Å²) in [5.41, 5.74) is 3.20. The Hall–Kier alpha value is -2.51. The molecule has 29 heavy (non-hydrogen) atoms. The molecule has 0 saturated carbocycles. The normalized spacial score (nSPS) is 14.4. The van der Waals surface area contributed by atoms with Gasteiger partial charge in [0.2, 0.25) is 5.91 Å². The summed E-state index contributed by atoms with van der Waals surface area (Å²) in [4.78, 5) is 24.1. The van der Waals surface area contributed by atoms with E-state index in [0.29, 0.717) is 19.1 Å². The zero-order chi connectivity index (χ0) is 21.8. The number of amides is 1. The second-order valence-corrected chi connectivity index (χ2v) is 7.32. The summed E-state index contributed by atoms with van der Waals surface area (Å²) < 4.78 is 2.09. The third-order valence-electron chi connectivity index (χ3n) is 4.80. The maximum Gasteiger partial charge on any atom is 0.227 e. The van der Waals surface area contributed by atoms with Gasteiger partial charge in [0.15, 0.2) is 0 Å². The number of hydrogen-bond donors (Lipinski definition) is 2. The van der Waals surface area contributed by atoms with Gasteiger partial charge in [-0.05, 0) is 57.7 Å². The van der Waals surface area contributed by atoms with E-state index in [4.69, 9.17) is 4.79 Å². The highest BCUT2D eigenvalue weighted by molar-refractivity contribution is 5.92. The number of aryl methyl sites for hydroxylation is 2. The second kappa shape index (κ2) is 12.9. The van der Waals surface area contributed by atoms with Gasteiger partial charge in [0, 0.05) is 36.9 Å². The van der Waals surface area contributed by atoms with Crippen LogP contribution in [0.2, 0.25) is 0 Å². The molecule has 0 aliphatic carbocycles. The molecule has 7 heteroatoms. The zero-order valence-electron chi connectivity index (χ0n) is 18.0. The van der Waals surface area contributed by atoms with E-state index in [1.807, 2.05) is 50.5 Å². The van der Waals surface area contributed by atoms with Crippen LogP contribution in [0.3, 0.4) is 0 Å². The fourth-order valence-electron chi connectivity index (χ4n) is 2.92. The van der Waals surface area contributed by atoms with Crippen molar-refractivity contribution in [3.05, 3.63) is 48.0 Å². The van der Waals surface area contributed by atoms with Gasteiger partial charge in [-0.15, -0.1) is 0 Å². The van der Waals surface area contributed by atoms with Crippen molar-refractivity contribution in [3.63, 3.8) is 0 Å². The van der Waals surface area contributed by atoms with Crippen LogP contribution in [0.25, 0.3) is 0 Å². The molecule has 0 spiro atoms. The molecule has 2 aromatic rings. The number of hydroxylamine groups is 2. The summed E-state index contributed by atoms with van der Waals surface area (Å²) in [5.74, 6) is 0.0756. The molecule has 1 amide bonds. The molecule has 2 N–H and O–H groups in total. The highest BCUT2D eigenvalue weighted by atomic mass is 16.5. The molecular weight excluding hydrogens is 368 g/mol. The Balaban J connectivity index is 0.000000321. The van der Waals surface area contributed by atoms with Crippen molar-refractivity contribution in [2.24, 2.45) is 5.92 Å². The Morgan fingerprint density at radius 3 is 2.24 bits per heavy atom. The van der Waals surface area contributed by atoms with Crippen LogP contribution in [0.15, 0.2) is 36.8 Å². The summed E-state index contributed by atoms with van der Waals surface area (Å²) in [6.45, 7) is 11.5. The van der Waals surface area contributed by atoms with Gasteiger partial charge in [-0.25, -0.2) is 4.98 Å². The van der Waals surface area contributed by atoms with Crippen LogP contribution in [0.1, 0.15) is 50.9 Å². The molecule has 2 heterocycles. The van der Waals surface area contributed by atoms with E-state index in [0.717, 1.165) is 30.6 Å². The minimum atomic E-state index is 0.0132. The number of imidazole rings is 1. The van der Waals surface area contributed by atoms with Crippen LogP contribution in [0, 0.1) is 12.8 Å². The first-order valence-corrected chi connectivity index (χ1v) is 10.0. The van der Waals surface area contributed by atoms with Crippen LogP contribution >= 0.6 is 0 Å². The predicted octanol–water partition coefficient (Wildman–Crippen LogP) is 3.88. The van der Waals surface area contributed by atoms with Gasteiger partial charge < -0.3 is 19.9 Å². The van der Waals surface area contributed by atoms with Gasteiger partial charge in [0.25, 0.3) is 0 Å². The maximum absolute atomic E-state index is 12.0. The Morgan fingerprint density at radius 2 is 1.83 bits per heavy atom. The lowest BCUT2D eigenvalue weighted by molar-refractivity contribution is -0.132. The molecule has 1 aromatic carbocycles. The van der Waals surface area contributed by atoms with Gasteiger partial charge in [-0.2, -0.15) is 5.06 Å². The van der Waals surface area contributed by atoms with Crippen LogP contribution in [-0.2, 0) is 16.0 Å². The molecular formula is C22H34N4O3. The lowest BCUT2D eigenvalue weighted by Crippen LogP contribution is -2.36. The summed E-state index contributed by atoms with van der Waals surface area (Å²) in [7, 11) is 0. The number of aromatic nitrogens is 2. The van der Waals surface area contributed by atoms with Crippen molar-refractivity contribution >= 4 is 18.4 Å². The van der Waals surface area contributed by atoms with E-state index in [2.05, 4.69) is 35.6 Å². The smallest absolute Gasteiger partial charge is 0.227 e. The Morgan fingerprint density at radius 1 is 1.24 bits per heavy atom. The van der Waals surface area contributed by atoms with Crippen molar-refractivity contribution < 1.29 is 14.8 Å². The zero-order valence-corrected chi connectivity index (χ0v) is 18.0. The van der Waals surface area contributed by atoms with E-state index in [1.165, 1.54) is 10.6 Å². The number of piperidine rings is 1. The van der Waals surface area contributed by atoms with E-state index in [-0.39, 0.29) is 11.8 Å². The lowest BCUT2D eigenvalue weighted by Gasteiger charge is -2.26. The minimum absolute atomic E-state index is 0.0132. The van der Waals surface area contributed by atoms with Crippen LogP contribution in [-0.4, -0.2) is 45.6 Å². The number of anilines is 1. The maximum atomic E-state index is 12.0. The molecule has 3 rings (SSSR count). The molecule has 1 aliphatic heterocycles. The number of carbonyl (C=O) groups excluding carboxylic acids is 2. The highest BCUT2D eigenvalue weighted by Gasteiger charge is 2.24. The second-order valence-electron chi connectivity index (χ2n) is 7.32. The minimum Gasteiger partial charge on any atom is -0.335 e. The fraction of sp³-hybridized carbons (Fsp3) is 0.500. The number of nitrogens with zero attached hydrogens (tertiary/aromatic N) is 3. The number of nitrogens with one attached hydrogen (secondary N) is 1. The molecule has 0 atom stereocenters. The van der Waals surface area contributed by atoms with Gasteiger partial charge in [-0.3, -0.25) is 4.79 Å². The van der Waals surface area contributed by atoms with Crippen molar-refractivity contribution in [2.45, 2.75) is 53.0 Å². The van der Waals surface area contributed by atoms with E-state index >= 15 is 0 Å². The van der Waals surface area contributed by atoms with Gasteiger partial charge in [-0.1, -0.05) is 19.1 Å². The highest BCUT2D eigenvalue weighted by Crippen LogP contribution is 2.18. The first-order valence-electron chi connectivity index (χ1n) is 10.0. The average Bonchev–Trinajstić information content (AvgIpc) is 3.18. The lowest BCUT2D eigenvalue weighted by atomic mass is 9.97. The molecule has 7 nitrogen and oxygen atoms in total. The van der Waals surface area contributed by atoms with Crippen LogP contribution in [0.4, 0.5) is 5.69 Å². The predicted molar refractivity (Wildman–Crippen MR) is 115 cm³/mol. The van der Waals surface area contributed by atoms with Crippen LogP contribution in [0.5, 0.6) is 0 Å². The number of carbonyl (C=O) groups is 2. The fourth-order valence-corrected chi connectivity index (χ4v) is 2.92. The number of hydrogen-bond acceptors (Lipinski definition) is 5. The van der Waals surface area contributed by atoms with E-state index < -0.39 is 0 Å². The summed E-state index contributed by atoms with van der Waals surface area (Å²) in [6, 6.07) is 8.49. The Bertz CT molecular complexity index is 720. The molecule has 0 radical (unpaired) electrons. The van der Waals surface area contributed by atoms with E-state index in [1.54, 1.807) is 0 Å². The third kappa shape index (κ3) is 8.58. The van der Waals surface area contributed by atoms with Crippen LogP contribution < -0.4 is 5.32 Å². The van der Waals surface area contributed by atoms with Gasteiger partial charge >= 0.3 is 0 Å². The quantitative estimate of drug-likeness (QED) is 0.810. The number of benzene rings is 1. The molecule has 1 saturated heterocycles. The van der Waals surface area contributed by atoms with Crippen molar-refractivity contribution in [2.75, 3.05) is 18.4 Å². The molecule has 0 unspecified atom stereocenters. The SMILES string of the molecule is C=O.CCc1ccc(NC(=O)C2CCN(O)CC2)cc1.Cc1cn(C(C)C)cn1. The first kappa shape index (κ1) is 24.5. The molecule has 1 aromatic heterocycles.